The second kappa shape index (κ2) is 12.1. The molecule has 0 bridgehead atoms. The van der Waals surface area contributed by atoms with Gasteiger partial charge in [0.2, 0.25) is 17.5 Å². The van der Waals surface area contributed by atoms with Gasteiger partial charge in [0.05, 0.1) is 11.8 Å². The monoisotopic (exact) mass is 513 g/mol. The predicted molar refractivity (Wildman–Crippen MR) is 132 cm³/mol. The van der Waals surface area contributed by atoms with Gasteiger partial charge in [0, 0.05) is 18.2 Å². The molecule has 2 aromatic rings. The standard InChI is InChI=1S/C24H31ClF2N3O3P/c1-13(9-15(26)12-28-5)14(2)33-21-11-20(25)29-23(30-21)17(31)10-19(32)24(3,4)22-16(27)7-6-8-18(22)34/h6-8,11,13-15,28H,9-10,12,34H2,1-5H3/t13-,14-,15+/m0/s1. The Morgan fingerprint density at radius 2 is 1.94 bits per heavy atom. The van der Waals surface area contributed by atoms with Crippen LogP contribution in [0.5, 0.6) is 5.88 Å². The first-order chi connectivity index (χ1) is 15.9. The Kier molecular flexibility index (Phi) is 10.0. The SMILES string of the molecule is CNC[C@H](F)C[C@H](C)[C@H](C)Oc1cc(Cl)nc(C(=O)CC(=O)C(C)(C)c2c(F)cccc2P)n1. The molecule has 1 aromatic heterocycles. The third kappa shape index (κ3) is 7.24. The Balaban J connectivity index is 2.16. The summed E-state index contributed by atoms with van der Waals surface area (Å²) in [6, 6.07) is 5.85. The number of alkyl halides is 1. The number of ether oxygens (including phenoxy) is 1. The fourth-order valence-electron chi connectivity index (χ4n) is 3.57. The number of aromatic nitrogens is 2. The van der Waals surface area contributed by atoms with Gasteiger partial charge in [0.15, 0.2) is 5.78 Å². The lowest BCUT2D eigenvalue weighted by atomic mass is 9.78. The van der Waals surface area contributed by atoms with E-state index in [0.29, 0.717) is 5.30 Å². The molecule has 1 N–H and O–H groups in total. The fourth-order valence-corrected chi connectivity index (χ4v) is 4.36. The van der Waals surface area contributed by atoms with Crippen LogP contribution in [-0.4, -0.2) is 47.4 Å². The molecule has 0 radical (unpaired) electrons. The molecule has 0 saturated carbocycles. The minimum atomic E-state index is -1.25. The van der Waals surface area contributed by atoms with Gasteiger partial charge in [-0.2, -0.15) is 4.98 Å². The van der Waals surface area contributed by atoms with Crippen molar-refractivity contribution in [3.05, 3.63) is 46.6 Å². The van der Waals surface area contributed by atoms with Crippen molar-refractivity contribution in [3.63, 3.8) is 0 Å². The van der Waals surface area contributed by atoms with Crippen LogP contribution in [0.3, 0.4) is 0 Å². The summed E-state index contributed by atoms with van der Waals surface area (Å²) >= 11 is 6.06. The summed E-state index contributed by atoms with van der Waals surface area (Å²) in [6.07, 6.45) is -1.69. The van der Waals surface area contributed by atoms with Crippen molar-refractivity contribution in [1.82, 2.24) is 15.3 Å². The zero-order valence-electron chi connectivity index (χ0n) is 20.0. The Morgan fingerprint density at radius 3 is 2.56 bits per heavy atom. The lowest BCUT2D eigenvalue weighted by molar-refractivity contribution is -0.122. The average Bonchev–Trinajstić information content (AvgIpc) is 2.72. The van der Waals surface area contributed by atoms with E-state index in [1.165, 1.54) is 12.1 Å². The first-order valence-corrected chi connectivity index (χ1v) is 11.9. The van der Waals surface area contributed by atoms with Gasteiger partial charge in [0.25, 0.3) is 0 Å². The molecular weight excluding hydrogens is 483 g/mol. The maximum absolute atomic E-state index is 14.4. The first-order valence-electron chi connectivity index (χ1n) is 11.0. The van der Waals surface area contributed by atoms with E-state index < -0.39 is 41.5 Å². The molecule has 1 aromatic carbocycles. The van der Waals surface area contributed by atoms with Crippen LogP contribution in [0.25, 0.3) is 0 Å². The maximum Gasteiger partial charge on any atom is 0.218 e. The van der Waals surface area contributed by atoms with E-state index in [9.17, 15) is 18.4 Å². The number of carbonyl (C=O) groups excluding carboxylic acids is 2. The van der Waals surface area contributed by atoms with Gasteiger partial charge in [-0.3, -0.25) is 9.59 Å². The highest BCUT2D eigenvalue weighted by Gasteiger charge is 2.35. The number of halogens is 3. The van der Waals surface area contributed by atoms with Gasteiger partial charge in [-0.15, -0.1) is 9.24 Å². The molecule has 0 aliphatic carbocycles. The van der Waals surface area contributed by atoms with E-state index in [1.807, 2.05) is 6.92 Å². The number of hydrogen-bond acceptors (Lipinski definition) is 6. The topological polar surface area (TPSA) is 81.2 Å². The van der Waals surface area contributed by atoms with Crippen molar-refractivity contribution in [1.29, 1.82) is 0 Å². The molecule has 1 unspecified atom stereocenters. The van der Waals surface area contributed by atoms with E-state index in [1.54, 1.807) is 40.0 Å². The molecule has 0 amide bonds. The van der Waals surface area contributed by atoms with Gasteiger partial charge < -0.3 is 10.1 Å². The molecule has 6 nitrogen and oxygen atoms in total. The van der Waals surface area contributed by atoms with Crippen LogP contribution in [0.4, 0.5) is 8.78 Å². The number of nitrogens with one attached hydrogen (secondary N) is 1. The number of rotatable bonds is 12. The quantitative estimate of drug-likeness (QED) is 0.198. The van der Waals surface area contributed by atoms with Crippen molar-refractivity contribution in [2.75, 3.05) is 13.6 Å². The second-order valence-electron chi connectivity index (χ2n) is 8.90. The molecule has 186 valence electrons. The number of Topliss-reactive ketones (excluding diaryl/α,β-unsaturated/α-hetero) is 2. The van der Waals surface area contributed by atoms with Crippen molar-refractivity contribution >= 4 is 37.7 Å². The summed E-state index contributed by atoms with van der Waals surface area (Å²) in [5.74, 6) is -2.03. The van der Waals surface area contributed by atoms with Gasteiger partial charge >= 0.3 is 0 Å². The van der Waals surface area contributed by atoms with Crippen LogP contribution in [0.15, 0.2) is 24.3 Å². The molecule has 0 aliphatic rings. The van der Waals surface area contributed by atoms with Gasteiger partial charge in [-0.1, -0.05) is 30.7 Å². The Bertz CT molecular complexity index is 1020. The summed E-state index contributed by atoms with van der Waals surface area (Å²) in [5.41, 5.74) is -1.04. The molecule has 0 saturated heterocycles. The minimum Gasteiger partial charge on any atom is -0.474 e. The van der Waals surface area contributed by atoms with E-state index in [2.05, 4.69) is 24.5 Å². The van der Waals surface area contributed by atoms with Crippen LogP contribution >= 0.6 is 20.8 Å². The lowest BCUT2D eigenvalue weighted by Crippen LogP contribution is -2.35. The molecule has 34 heavy (non-hydrogen) atoms. The highest BCUT2D eigenvalue weighted by atomic mass is 35.5. The average molecular weight is 514 g/mol. The van der Waals surface area contributed by atoms with E-state index >= 15 is 0 Å². The molecule has 10 heteroatoms. The zero-order valence-corrected chi connectivity index (χ0v) is 21.9. The Morgan fingerprint density at radius 1 is 1.26 bits per heavy atom. The highest BCUT2D eigenvalue weighted by Crippen LogP contribution is 2.29. The molecule has 0 fully saturated rings. The number of nitrogens with zero attached hydrogens (tertiary/aromatic N) is 2. The van der Waals surface area contributed by atoms with Crippen LogP contribution in [0.1, 0.15) is 56.7 Å². The number of carbonyl (C=O) groups is 2. The third-order valence-electron chi connectivity index (χ3n) is 5.77. The molecule has 0 spiro atoms. The normalized spacial score (nSPS) is 14.4. The Hall–Kier alpha value is -2.02. The van der Waals surface area contributed by atoms with Crippen LogP contribution in [0, 0.1) is 11.7 Å². The van der Waals surface area contributed by atoms with Crippen LogP contribution in [0.2, 0.25) is 5.15 Å². The molecule has 4 atom stereocenters. The smallest absolute Gasteiger partial charge is 0.218 e. The van der Waals surface area contributed by atoms with Crippen LogP contribution < -0.4 is 15.4 Å². The van der Waals surface area contributed by atoms with E-state index in [-0.39, 0.29) is 41.3 Å². The third-order valence-corrected chi connectivity index (χ3v) is 6.45. The van der Waals surface area contributed by atoms with Gasteiger partial charge in [-0.05, 0) is 51.5 Å². The summed E-state index contributed by atoms with van der Waals surface area (Å²) in [4.78, 5) is 33.9. The van der Waals surface area contributed by atoms with Gasteiger partial charge in [-0.25, -0.2) is 13.8 Å². The van der Waals surface area contributed by atoms with Crippen molar-refractivity contribution in [3.8, 4) is 5.88 Å². The highest BCUT2D eigenvalue weighted by molar-refractivity contribution is 7.27. The van der Waals surface area contributed by atoms with Crippen molar-refractivity contribution in [2.45, 2.75) is 58.2 Å². The van der Waals surface area contributed by atoms with E-state index in [0.717, 1.165) is 0 Å². The molecule has 1 heterocycles. The first kappa shape index (κ1) is 28.2. The summed E-state index contributed by atoms with van der Waals surface area (Å²) in [6.45, 7) is 7.00. The maximum atomic E-state index is 14.4. The zero-order chi connectivity index (χ0) is 25.6. The second-order valence-corrected chi connectivity index (χ2v) is 9.90. The fraction of sp³-hybridized carbons (Fsp3) is 0.500. The van der Waals surface area contributed by atoms with Crippen LogP contribution in [-0.2, 0) is 10.2 Å². The number of benzene rings is 1. The molecule has 0 aliphatic heterocycles. The minimum absolute atomic E-state index is 0.0280. The number of hydrogen-bond donors (Lipinski definition) is 1. The summed E-state index contributed by atoms with van der Waals surface area (Å²) in [5, 5.41) is 3.30. The number of ketones is 2. The van der Waals surface area contributed by atoms with Crippen molar-refractivity contribution in [2.24, 2.45) is 5.92 Å². The largest absolute Gasteiger partial charge is 0.474 e. The Labute approximate surface area is 206 Å². The van der Waals surface area contributed by atoms with E-state index in [4.69, 9.17) is 16.3 Å². The van der Waals surface area contributed by atoms with Crippen molar-refractivity contribution < 1.29 is 23.1 Å². The lowest BCUT2D eigenvalue weighted by Gasteiger charge is -2.25. The molecule has 2 rings (SSSR count). The summed E-state index contributed by atoms with van der Waals surface area (Å²) in [7, 11) is 4.09. The summed E-state index contributed by atoms with van der Waals surface area (Å²) < 4.78 is 34.1. The molecular formula is C24H31ClF2N3O3P. The predicted octanol–water partition coefficient (Wildman–Crippen LogP) is 4.24. The van der Waals surface area contributed by atoms with Gasteiger partial charge in [0.1, 0.15) is 23.2 Å².